The second-order valence-electron chi connectivity index (χ2n) is 6.55. The van der Waals surface area contributed by atoms with Gasteiger partial charge in [-0.1, -0.05) is 13.8 Å². The highest BCUT2D eigenvalue weighted by Gasteiger charge is 2.23. The molecule has 4 nitrogen and oxygen atoms in total. The van der Waals surface area contributed by atoms with Crippen molar-refractivity contribution in [2.45, 2.75) is 71.9 Å². The van der Waals surface area contributed by atoms with Gasteiger partial charge in [-0.05, 0) is 65.1 Å². The van der Waals surface area contributed by atoms with Crippen LogP contribution in [0.5, 0.6) is 0 Å². The van der Waals surface area contributed by atoms with Crippen molar-refractivity contribution in [3.63, 3.8) is 0 Å². The van der Waals surface area contributed by atoms with Gasteiger partial charge in [-0.25, -0.2) is 0 Å². The average molecular weight is 297 g/mol. The molecule has 2 N–H and O–H groups in total. The number of carbonyl (C=O) groups is 1. The lowest BCUT2D eigenvalue weighted by Gasteiger charge is -2.35. The summed E-state index contributed by atoms with van der Waals surface area (Å²) >= 11 is 0. The summed E-state index contributed by atoms with van der Waals surface area (Å²) in [7, 11) is 0. The third-order valence-corrected chi connectivity index (χ3v) is 4.72. The van der Waals surface area contributed by atoms with E-state index < -0.39 is 0 Å². The summed E-state index contributed by atoms with van der Waals surface area (Å²) in [5, 5.41) is 6.56. The molecule has 21 heavy (non-hydrogen) atoms. The highest BCUT2D eigenvalue weighted by molar-refractivity contribution is 5.76. The molecule has 4 heteroatoms. The van der Waals surface area contributed by atoms with E-state index in [-0.39, 0.29) is 11.9 Å². The highest BCUT2D eigenvalue weighted by Crippen LogP contribution is 2.20. The van der Waals surface area contributed by atoms with Crippen molar-refractivity contribution in [1.29, 1.82) is 0 Å². The van der Waals surface area contributed by atoms with Crippen molar-refractivity contribution < 1.29 is 4.79 Å². The zero-order valence-corrected chi connectivity index (χ0v) is 14.5. The highest BCUT2D eigenvalue weighted by atomic mass is 16.1. The summed E-state index contributed by atoms with van der Waals surface area (Å²) in [5.74, 6) is 0.928. The molecule has 2 unspecified atom stereocenters. The Labute approximate surface area is 131 Å². The van der Waals surface area contributed by atoms with Gasteiger partial charge in [0.25, 0.3) is 0 Å². The minimum absolute atomic E-state index is 0.168. The Kier molecular flexibility index (Phi) is 8.93. The summed E-state index contributed by atoms with van der Waals surface area (Å²) < 4.78 is 0. The van der Waals surface area contributed by atoms with Gasteiger partial charge in [0.15, 0.2) is 0 Å². The van der Waals surface area contributed by atoms with Gasteiger partial charge in [0, 0.05) is 25.0 Å². The Morgan fingerprint density at radius 3 is 2.48 bits per heavy atom. The van der Waals surface area contributed by atoms with E-state index in [1.807, 2.05) is 0 Å². The molecule has 0 saturated carbocycles. The van der Waals surface area contributed by atoms with E-state index in [0.29, 0.717) is 12.5 Å². The molecular weight excluding hydrogens is 262 g/mol. The van der Waals surface area contributed by atoms with Crippen LogP contribution in [0.2, 0.25) is 0 Å². The minimum Gasteiger partial charge on any atom is -0.354 e. The van der Waals surface area contributed by atoms with Crippen LogP contribution < -0.4 is 10.6 Å². The van der Waals surface area contributed by atoms with Gasteiger partial charge in [-0.15, -0.1) is 0 Å². The second-order valence-corrected chi connectivity index (χ2v) is 6.55. The largest absolute Gasteiger partial charge is 0.354 e. The van der Waals surface area contributed by atoms with Gasteiger partial charge in [0.05, 0.1) is 0 Å². The van der Waals surface area contributed by atoms with Crippen molar-refractivity contribution in [1.82, 2.24) is 15.5 Å². The van der Waals surface area contributed by atoms with Gasteiger partial charge in [0.1, 0.15) is 0 Å². The van der Waals surface area contributed by atoms with Gasteiger partial charge in [-0.3, -0.25) is 4.79 Å². The molecule has 0 bridgehead atoms. The molecular formula is C17H35N3O. The molecule has 1 aliphatic rings. The predicted octanol–water partition coefficient (Wildman–Crippen LogP) is 2.39. The number of nitrogens with zero attached hydrogens (tertiary/aromatic N) is 1. The average Bonchev–Trinajstić information content (AvgIpc) is 2.48. The maximum Gasteiger partial charge on any atom is 0.221 e. The van der Waals surface area contributed by atoms with Gasteiger partial charge >= 0.3 is 0 Å². The Balaban J connectivity index is 2.14. The molecule has 1 saturated heterocycles. The van der Waals surface area contributed by atoms with Crippen molar-refractivity contribution in [2.75, 3.05) is 26.2 Å². The molecule has 0 aromatic rings. The lowest BCUT2D eigenvalue weighted by atomic mass is 9.90. The Morgan fingerprint density at radius 1 is 1.24 bits per heavy atom. The number of piperidine rings is 1. The third kappa shape index (κ3) is 7.28. The first-order chi connectivity index (χ1) is 10.1. The zero-order chi connectivity index (χ0) is 15.7. The number of hydrogen-bond acceptors (Lipinski definition) is 3. The first-order valence-corrected chi connectivity index (χ1v) is 8.81. The Hall–Kier alpha value is -0.610. The maximum atomic E-state index is 11.7. The molecule has 1 fully saturated rings. The number of nitrogens with one attached hydrogen (secondary N) is 2. The molecule has 0 aromatic heterocycles. The van der Waals surface area contributed by atoms with Crippen LogP contribution in [0.15, 0.2) is 0 Å². The van der Waals surface area contributed by atoms with E-state index in [1.165, 1.54) is 38.9 Å². The first kappa shape index (κ1) is 18.4. The molecule has 0 aliphatic carbocycles. The molecule has 1 amide bonds. The van der Waals surface area contributed by atoms with Crippen LogP contribution in [-0.2, 0) is 4.79 Å². The number of carbonyl (C=O) groups excluding carboxylic acids is 1. The molecule has 0 aromatic carbocycles. The number of hydrogen-bond donors (Lipinski definition) is 2. The number of rotatable bonds is 9. The van der Waals surface area contributed by atoms with Crippen molar-refractivity contribution in [3.8, 4) is 0 Å². The summed E-state index contributed by atoms with van der Waals surface area (Å²) in [4.78, 5) is 14.3. The van der Waals surface area contributed by atoms with Crippen LogP contribution >= 0.6 is 0 Å². The summed E-state index contributed by atoms with van der Waals surface area (Å²) in [5.41, 5.74) is 0. The van der Waals surface area contributed by atoms with E-state index in [4.69, 9.17) is 0 Å². The van der Waals surface area contributed by atoms with Gasteiger partial charge < -0.3 is 15.5 Å². The molecule has 0 radical (unpaired) electrons. The smallest absolute Gasteiger partial charge is 0.221 e. The fraction of sp³-hybridized carbons (Fsp3) is 0.941. The Morgan fingerprint density at radius 2 is 1.90 bits per heavy atom. The summed E-state index contributed by atoms with van der Waals surface area (Å²) in [6.45, 7) is 13.2. The maximum absolute atomic E-state index is 11.7. The molecule has 1 rings (SSSR count). The van der Waals surface area contributed by atoms with Crippen LogP contribution in [0.25, 0.3) is 0 Å². The summed E-state index contributed by atoms with van der Waals surface area (Å²) in [6, 6.07) is 0.808. The molecule has 1 heterocycles. The molecule has 2 atom stereocenters. The van der Waals surface area contributed by atoms with Crippen LogP contribution in [0.4, 0.5) is 0 Å². The van der Waals surface area contributed by atoms with E-state index in [2.05, 4.69) is 43.2 Å². The van der Waals surface area contributed by atoms with Crippen molar-refractivity contribution >= 4 is 5.91 Å². The minimum atomic E-state index is 0.168. The molecule has 0 spiro atoms. The van der Waals surface area contributed by atoms with Crippen molar-refractivity contribution in [3.05, 3.63) is 0 Å². The third-order valence-electron chi connectivity index (χ3n) is 4.72. The predicted molar refractivity (Wildman–Crippen MR) is 89.4 cm³/mol. The SMILES string of the molecule is CCCN1CCC(C(C)NCCC(=O)NC(C)CC)CC1. The quantitative estimate of drug-likeness (QED) is 0.687. The lowest BCUT2D eigenvalue weighted by molar-refractivity contribution is -0.121. The van der Waals surface area contributed by atoms with E-state index in [0.717, 1.165) is 18.9 Å². The fourth-order valence-electron chi connectivity index (χ4n) is 3.02. The zero-order valence-electron chi connectivity index (χ0n) is 14.5. The van der Waals surface area contributed by atoms with Crippen LogP contribution in [0, 0.1) is 5.92 Å². The standard InChI is InChI=1S/C17H35N3O/c1-5-11-20-12-8-16(9-13-20)15(4)18-10-7-17(21)19-14(3)6-2/h14-16,18H,5-13H2,1-4H3,(H,19,21). The van der Waals surface area contributed by atoms with Crippen LogP contribution in [0.3, 0.4) is 0 Å². The molecule has 124 valence electrons. The number of likely N-dealkylation sites (tertiary alicyclic amines) is 1. The van der Waals surface area contributed by atoms with E-state index in [1.54, 1.807) is 0 Å². The van der Waals surface area contributed by atoms with Crippen molar-refractivity contribution in [2.24, 2.45) is 5.92 Å². The lowest BCUT2D eigenvalue weighted by Crippen LogP contribution is -2.43. The van der Waals surface area contributed by atoms with E-state index >= 15 is 0 Å². The monoisotopic (exact) mass is 297 g/mol. The molecule has 1 aliphatic heterocycles. The number of amides is 1. The van der Waals surface area contributed by atoms with Gasteiger partial charge in [-0.2, -0.15) is 0 Å². The van der Waals surface area contributed by atoms with Crippen LogP contribution in [0.1, 0.15) is 59.8 Å². The Bertz CT molecular complexity index is 288. The van der Waals surface area contributed by atoms with Crippen LogP contribution in [-0.4, -0.2) is 49.1 Å². The van der Waals surface area contributed by atoms with E-state index in [9.17, 15) is 4.79 Å². The van der Waals surface area contributed by atoms with Gasteiger partial charge in [0.2, 0.25) is 5.91 Å². The fourth-order valence-corrected chi connectivity index (χ4v) is 3.02. The normalized spacial score (nSPS) is 20.2. The first-order valence-electron chi connectivity index (χ1n) is 8.81. The second kappa shape index (κ2) is 10.2. The topological polar surface area (TPSA) is 44.4 Å². The summed E-state index contributed by atoms with van der Waals surface area (Å²) in [6.07, 6.45) is 5.40.